The Hall–Kier alpha value is -0.490. The van der Waals surface area contributed by atoms with E-state index in [1.54, 1.807) is 17.8 Å². The molecule has 1 aromatic heterocycles. The molecule has 3 nitrogen and oxygen atoms in total. The lowest BCUT2D eigenvalue weighted by Gasteiger charge is -2.46. The third kappa shape index (κ3) is 1.69. The summed E-state index contributed by atoms with van der Waals surface area (Å²) in [6, 6.07) is 1.77. The summed E-state index contributed by atoms with van der Waals surface area (Å²) in [6.45, 7) is 0.231. The molecule has 1 aliphatic carbocycles. The van der Waals surface area contributed by atoms with Crippen molar-refractivity contribution in [3.8, 4) is 0 Å². The number of halogens is 3. The van der Waals surface area contributed by atoms with Crippen molar-refractivity contribution in [2.24, 2.45) is 12.8 Å². The first-order chi connectivity index (χ1) is 6.88. The van der Waals surface area contributed by atoms with Crippen LogP contribution in [0, 0.1) is 0 Å². The van der Waals surface area contributed by atoms with Gasteiger partial charge in [-0.2, -0.15) is 5.10 Å². The van der Waals surface area contributed by atoms with Crippen LogP contribution in [0.25, 0.3) is 0 Å². The molecule has 0 saturated heterocycles. The van der Waals surface area contributed by atoms with E-state index in [0.29, 0.717) is 4.60 Å². The van der Waals surface area contributed by atoms with E-state index < -0.39 is 11.3 Å². The minimum absolute atomic E-state index is 0.178. The van der Waals surface area contributed by atoms with Crippen LogP contribution in [0.5, 0.6) is 0 Å². The molecule has 0 unspecified atom stereocenters. The SMILES string of the molecule is Cn1nc(Br)cc1C1(CN)CC(F)(F)C1. The molecule has 0 spiro atoms. The second-order valence-electron chi connectivity index (χ2n) is 4.17. The van der Waals surface area contributed by atoms with Crippen molar-refractivity contribution >= 4 is 15.9 Å². The van der Waals surface area contributed by atoms with E-state index >= 15 is 0 Å². The van der Waals surface area contributed by atoms with Gasteiger partial charge in [0, 0.05) is 37.5 Å². The van der Waals surface area contributed by atoms with Crippen molar-refractivity contribution in [1.29, 1.82) is 0 Å². The van der Waals surface area contributed by atoms with Crippen LogP contribution in [0.1, 0.15) is 18.5 Å². The van der Waals surface area contributed by atoms with E-state index in [0.717, 1.165) is 5.69 Å². The van der Waals surface area contributed by atoms with Crippen LogP contribution in [0.15, 0.2) is 10.7 Å². The molecule has 0 atom stereocenters. The Labute approximate surface area is 94.8 Å². The van der Waals surface area contributed by atoms with Gasteiger partial charge in [0.2, 0.25) is 5.92 Å². The minimum Gasteiger partial charge on any atom is -0.330 e. The molecule has 1 fully saturated rings. The molecule has 84 valence electrons. The van der Waals surface area contributed by atoms with Crippen molar-refractivity contribution in [2.75, 3.05) is 6.54 Å². The van der Waals surface area contributed by atoms with E-state index in [1.165, 1.54) is 0 Å². The Kier molecular flexibility index (Phi) is 2.38. The van der Waals surface area contributed by atoms with Gasteiger partial charge in [-0.15, -0.1) is 0 Å². The lowest BCUT2D eigenvalue weighted by atomic mass is 9.64. The maximum atomic E-state index is 12.9. The third-order valence-electron chi connectivity index (χ3n) is 2.98. The molecule has 0 aromatic carbocycles. The molecule has 1 saturated carbocycles. The standard InChI is InChI=1S/C9H12BrF2N3/c1-15-6(2-7(10)14-15)8(5-13)3-9(11,12)4-8/h2H,3-5,13H2,1H3. The highest BCUT2D eigenvalue weighted by molar-refractivity contribution is 9.10. The number of hydrogen-bond acceptors (Lipinski definition) is 2. The first kappa shape index (κ1) is 11.0. The van der Waals surface area contributed by atoms with Gasteiger partial charge in [0.15, 0.2) is 0 Å². The highest BCUT2D eigenvalue weighted by Crippen LogP contribution is 2.52. The minimum atomic E-state index is -2.57. The van der Waals surface area contributed by atoms with E-state index in [2.05, 4.69) is 21.0 Å². The topological polar surface area (TPSA) is 43.8 Å². The second kappa shape index (κ2) is 3.25. The molecule has 0 aliphatic heterocycles. The van der Waals surface area contributed by atoms with Crippen molar-refractivity contribution < 1.29 is 8.78 Å². The average Bonchev–Trinajstić information content (AvgIpc) is 2.40. The fourth-order valence-corrected chi connectivity index (χ4v) is 2.75. The van der Waals surface area contributed by atoms with Gasteiger partial charge in [-0.05, 0) is 22.0 Å². The summed E-state index contributed by atoms with van der Waals surface area (Å²) in [5.41, 5.74) is 5.79. The Morgan fingerprint density at radius 3 is 2.53 bits per heavy atom. The quantitative estimate of drug-likeness (QED) is 0.897. The van der Waals surface area contributed by atoms with Crippen molar-refractivity contribution in [2.45, 2.75) is 24.2 Å². The number of alkyl halides is 2. The van der Waals surface area contributed by atoms with Crippen LogP contribution in [0.2, 0.25) is 0 Å². The first-order valence-corrected chi connectivity index (χ1v) is 5.46. The maximum Gasteiger partial charge on any atom is 0.250 e. The predicted octanol–water partition coefficient (Wildman–Crippen LogP) is 1.81. The molecule has 1 aromatic rings. The summed E-state index contributed by atoms with van der Waals surface area (Å²) in [4.78, 5) is 0. The number of hydrogen-bond donors (Lipinski definition) is 1. The summed E-state index contributed by atoms with van der Waals surface area (Å²) in [5.74, 6) is -2.57. The van der Waals surface area contributed by atoms with Crippen molar-refractivity contribution in [3.05, 3.63) is 16.4 Å². The number of aryl methyl sites for hydroxylation is 1. The number of nitrogens with two attached hydrogens (primary N) is 1. The number of rotatable bonds is 2. The third-order valence-corrected chi connectivity index (χ3v) is 3.37. The van der Waals surface area contributed by atoms with E-state index in [9.17, 15) is 8.78 Å². The summed E-state index contributed by atoms with van der Waals surface area (Å²) >= 11 is 3.23. The normalized spacial score (nSPS) is 22.5. The maximum absolute atomic E-state index is 12.9. The van der Waals surface area contributed by atoms with Gasteiger partial charge in [0.05, 0.1) is 0 Å². The lowest BCUT2D eigenvalue weighted by Crippen LogP contribution is -2.54. The first-order valence-electron chi connectivity index (χ1n) is 4.66. The fourth-order valence-electron chi connectivity index (χ4n) is 2.30. The molecule has 0 amide bonds. The fraction of sp³-hybridized carbons (Fsp3) is 0.667. The largest absolute Gasteiger partial charge is 0.330 e. The molecule has 2 N–H and O–H groups in total. The smallest absolute Gasteiger partial charge is 0.250 e. The summed E-state index contributed by atoms with van der Waals surface area (Å²) < 4.78 is 28.2. The summed E-state index contributed by atoms with van der Waals surface area (Å²) in [7, 11) is 1.74. The molecule has 6 heteroatoms. The molecule has 0 bridgehead atoms. The number of aromatic nitrogens is 2. The van der Waals surface area contributed by atoms with Gasteiger partial charge in [0.1, 0.15) is 4.60 Å². The Balaban J connectivity index is 2.33. The van der Waals surface area contributed by atoms with E-state index in [-0.39, 0.29) is 19.4 Å². The highest BCUT2D eigenvalue weighted by atomic mass is 79.9. The zero-order valence-electron chi connectivity index (χ0n) is 8.30. The number of nitrogens with zero attached hydrogens (tertiary/aromatic N) is 2. The van der Waals surface area contributed by atoms with Crippen LogP contribution >= 0.6 is 15.9 Å². The van der Waals surface area contributed by atoms with Gasteiger partial charge in [-0.1, -0.05) is 0 Å². The zero-order chi connectivity index (χ0) is 11.3. The Morgan fingerprint density at radius 1 is 1.60 bits per heavy atom. The zero-order valence-corrected chi connectivity index (χ0v) is 9.89. The lowest BCUT2D eigenvalue weighted by molar-refractivity contribution is -0.125. The Morgan fingerprint density at radius 2 is 2.20 bits per heavy atom. The Bertz CT molecular complexity index is 381. The average molecular weight is 280 g/mol. The predicted molar refractivity (Wildman–Crippen MR) is 55.8 cm³/mol. The molecule has 15 heavy (non-hydrogen) atoms. The summed E-state index contributed by atoms with van der Waals surface area (Å²) in [6.07, 6.45) is -0.356. The van der Waals surface area contributed by atoms with Gasteiger partial charge in [0.25, 0.3) is 0 Å². The highest BCUT2D eigenvalue weighted by Gasteiger charge is 2.57. The van der Waals surface area contributed by atoms with Gasteiger partial charge in [-0.25, -0.2) is 8.78 Å². The van der Waals surface area contributed by atoms with E-state index in [1.807, 2.05) is 0 Å². The van der Waals surface area contributed by atoms with Gasteiger partial charge >= 0.3 is 0 Å². The molecular formula is C9H12BrF2N3. The summed E-state index contributed by atoms with van der Waals surface area (Å²) in [5, 5.41) is 4.09. The van der Waals surface area contributed by atoms with Crippen LogP contribution in [0.3, 0.4) is 0 Å². The molecule has 0 radical (unpaired) electrons. The van der Waals surface area contributed by atoms with Crippen LogP contribution < -0.4 is 5.73 Å². The van der Waals surface area contributed by atoms with Gasteiger partial charge in [-0.3, -0.25) is 4.68 Å². The monoisotopic (exact) mass is 279 g/mol. The molecule has 2 rings (SSSR count). The van der Waals surface area contributed by atoms with Crippen LogP contribution in [-0.2, 0) is 12.5 Å². The molecular weight excluding hydrogens is 268 g/mol. The van der Waals surface area contributed by atoms with Crippen molar-refractivity contribution in [1.82, 2.24) is 9.78 Å². The molecule has 1 aliphatic rings. The van der Waals surface area contributed by atoms with Crippen LogP contribution in [0.4, 0.5) is 8.78 Å². The molecule has 1 heterocycles. The van der Waals surface area contributed by atoms with Crippen molar-refractivity contribution in [3.63, 3.8) is 0 Å². The van der Waals surface area contributed by atoms with Gasteiger partial charge < -0.3 is 5.73 Å². The van der Waals surface area contributed by atoms with E-state index in [4.69, 9.17) is 5.73 Å². The second-order valence-corrected chi connectivity index (χ2v) is 4.98. The van der Waals surface area contributed by atoms with Crippen LogP contribution in [-0.4, -0.2) is 22.2 Å².